The summed E-state index contributed by atoms with van der Waals surface area (Å²) in [5.74, 6) is -0.162. The van der Waals surface area contributed by atoms with Crippen LogP contribution >= 0.6 is 0 Å². The monoisotopic (exact) mass is 293 g/mol. The Morgan fingerprint density at radius 3 is 3.00 bits per heavy atom. The minimum Gasteiger partial charge on any atom is -0.490 e. The summed E-state index contributed by atoms with van der Waals surface area (Å²) < 4.78 is 4.91. The van der Waals surface area contributed by atoms with E-state index in [1.807, 2.05) is 0 Å². The van der Waals surface area contributed by atoms with Gasteiger partial charge in [-0.15, -0.1) is 0 Å². The maximum Gasteiger partial charge on any atom is 0.311 e. The molecule has 1 saturated heterocycles. The molecule has 1 fully saturated rings. The van der Waals surface area contributed by atoms with E-state index in [1.54, 1.807) is 0 Å². The van der Waals surface area contributed by atoms with Crippen molar-refractivity contribution in [2.75, 3.05) is 20.2 Å². The van der Waals surface area contributed by atoms with E-state index < -0.39 is 4.92 Å². The number of hydrogen-bond acceptors (Lipinski definition) is 5. The van der Waals surface area contributed by atoms with E-state index >= 15 is 0 Å². The molecule has 0 aliphatic carbocycles. The number of nitrogens with one attached hydrogen (secondary N) is 2. The molecule has 1 heterocycles. The molecule has 1 aromatic rings. The van der Waals surface area contributed by atoms with Crippen LogP contribution in [0.15, 0.2) is 18.2 Å². The van der Waals surface area contributed by atoms with Gasteiger partial charge in [0.1, 0.15) is 0 Å². The van der Waals surface area contributed by atoms with E-state index in [-0.39, 0.29) is 22.9 Å². The highest BCUT2D eigenvalue weighted by Gasteiger charge is 2.18. The number of methoxy groups -OCH3 is 1. The fourth-order valence-electron chi connectivity index (χ4n) is 2.44. The Hall–Kier alpha value is -2.15. The summed E-state index contributed by atoms with van der Waals surface area (Å²) >= 11 is 0. The predicted octanol–water partition coefficient (Wildman–Crippen LogP) is 1.48. The molecular formula is C14H19N3O4. The molecule has 0 bridgehead atoms. The number of amides is 1. The minimum atomic E-state index is -0.557. The number of carbonyl (C=O) groups is 1. The summed E-state index contributed by atoms with van der Waals surface area (Å²) in [5.41, 5.74) is 0.0597. The highest BCUT2D eigenvalue weighted by molar-refractivity contribution is 5.95. The van der Waals surface area contributed by atoms with E-state index in [2.05, 4.69) is 10.6 Å². The Labute approximate surface area is 122 Å². The van der Waals surface area contributed by atoms with Gasteiger partial charge in [0.2, 0.25) is 0 Å². The molecule has 1 unspecified atom stereocenters. The Morgan fingerprint density at radius 1 is 1.57 bits per heavy atom. The molecular weight excluding hydrogens is 274 g/mol. The van der Waals surface area contributed by atoms with Gasteiger partial charge in [-0.25, -0.2) is 0 Å². The van der Waals surface area contributed by atoms with Crippen molar-refractivity contribution in [3.63, 3.8) is 0 Å². The van der Waals surface area contributed by atoms with Crippen molar-refractivity contribution >= 4 is 11.6 Å². The maximum atomic E-state index is 12.0. The topological polar surface area (TPSA) is 93.5 Å². The van der Waals surface area contributed by atoms with Gasteiger partial charge in [0.05, 0.1) is 12.0 Å². The van der Waals surface area contributed by atoms with Crippen molar-refractivity contribution in [1.29, 1.82) is 0 Å². The van der Waals surface area contributed by atoms with Gasteiger partial charge >= 0.3 is 5.69 Å². The highest BCUT2D eigenvalue weighted by Crippen LogP contribution is 2.27. The van der Waals surface area contributed by atoms with Gasteiger partial charge in [-0.1, -0.05) is 0 Å². The van der Waals surface area contributed by atoms with Crippen LogP contribution in [0.25, 0.3) is 0 Å². The first-order chi connectivity index (χ1) is 10.1. The lowest BCUT2D eigenvalue weighted by Crippen LogP contribution is -2.30. The fourth-order valence-corrected chi connectivity index (χ4v) is 2.44. The van der Waals surface area contributed by atoms with Crippen LogP contribution in [0.5, 0.6) is 5.75 Å². The molecule has 1 atom stereocenters. The Bertz CT molecular complexity index is 527. The van der Waals surface area contributed by atoms with Gasteiger partial charge < -0.3 is 15.4 Å². The number of rotatable bonds is 6. The van der Waals surface area contributed by atoms with Crippen LogP contribution in [-0.4, -0.2) is 37.1 Å². The number of hydrogen-bond donors (Lipinski definition) is 2. The normalized spacial score (nSPS) is 17.5. The Balaban J connectivity index is 1.95. The molecule has 7 nitrogen and oxygen atoms in total. The Kier molecular flexibility index (Phi) is 5.10. The number of nitrogens with zero attached hydrogens (tertiary/aromatic N) is 1. The first-order valence-corrected chi connectivity index (χ1v) is 6.96. The van der Waals surface area contributed by atoms with E-state index in [9.17, 15) is 14.9 Å². The molecule has 7 heteroatoms. The molecule has 0 saturated carbocycles. The number of benzene rings is 1. The highest BCUT2D eigenvalue weighted by atomic mass is 16.6. The zero-order valence-electron chi connectivity index (χ0n) is 11.9. The molecule has 1 aromatic carbocycles. The molecule has 0 spiro atoms. The molecule has 2 rings (SSSR count). The van der Waals surface area contributed by atoms with Gasteiger partial charge in [-0.2, -0.15) is 0 Å². The van der Waals surface area contributed by atoms with Crippen LogP contribution in [0, 0.1) is 10.1 Å². The molecule has 1 aliphatic rings. The summed E-state index contributed by atoms with van der Waals surface area (Å²) in [6.45, 7) is 1.58. The SMILES string of the molecule is COc1ccc(C(=O)NCCC2CCCN2)cc1[N+](=O)[O-]. The lowest BCUT2D eigenvalue weighted by molar-refractivity contribution is -0.385. The van der Waals surface area contributed by atoms with Gasteiger partial charge in [0, 0.05) is 24.2 Å². The molecule has 1 aliphatic heterocycles. The van der Waals surface area contributed by atoms with Gasteiger partial charge in [0.15, 0.2) is 5.75 Å². The summed E-state index contributed by atoms with van der Waals surface area (Å²) in [4.78, 5) is 22.4. The van der Waals surface area contributed by atoms with E-state index in [4.69, 9.17) is 4.74 Å². The zero-order chi connectivity index (χ0) is 15.2. The van der Waals surface area contributed by atoms with Crippen molar-refractivity contribution < 1.29 is 14.5 Å². The Morgan fingerprint density at radius 2 is 2.38 bits per heavy atom. The molecule has 21 heavy (non-hydrogen) atoms. The third-order valence-electron chi connectivity index (χ3n) is 3.58. The number of carbonyl (C=O) groups excluding carboxylic acids is 1. The van der Waals surface area contributed by atoms with Gasteiger partial charge in [-0.3, -0.25) is 14.9 Å². The number of ether oxygens (including phenoxy) is 1. The van der Waals surface area contributed by atoms with Crippen LogP contribution < -0.4 is 15.4 Å². The summed E-state index contributed by atoms with van der Waals surface area (Å²) in [7, 11) is 1.36. The first-order valence-electron chi connectivity index (χ1n) is 6.96. The number of nitro groups is 1. The van der Waals surface area contributed by atoms with Crippen molar-refractivity contribution in [3.8, 4) is 5.75 Å². The lowest BCUT2D eigenvalue weighted by atomic mass is 10.1. The van der Waals surface area contributed by atoms with Crippen LogP contribution in [0.2, 0.25) is 0 Å². The summed E-state index contributed by atoms with van der Waals surface area (Å²) in [5, 5.41) is 17.1. The second kappa shape index (κ2) is 7.03. The molecule has 1 amide bonds. The van der Waals surface area contributed by atoms with E-state index in [0.29, 0.717) is 12.6 Å². The second-order valence-corrected chi connectivity index (χ2v) is 4.98. The standard InChI is InChI=1S/C14H19N3O4/c1-21-13-5-4-10(9-12(13)17(19)20)14(18)16-8-6-11-3-2-7-15-11/h4-5,9,11,15H,2-3,6-8H2,1H3,(H,16,18). The number of nitro benzene ring substituents is 1. The zero-order valence-corrected chi connectivity index (χ0v) is 11.9. The average Bonchev–Trinajstić information content (AvgIpc) is 2.99. The molecule has 0 radical (unpaired) electrons. The molecule has 2 N–H and O–H groups in total. The average molecular weight is 293 g/mol. The van der Waals surface area contributed by atoms with Crippen LogP contribution in [-0.2, 0) is 0 Å². The van der Waals surface area contributed by atoms with Crippen LogP contribution in [0.4, 0.5) is 5.69 Å². The quantitative estimate of drug-likeness (QED) is 0.612. The van der Waals surface area contributed by atoms with Crippen LogP contribution in [0.1, 0.15) is 29.6 Å². The lowest BCUT2D eigenvalue weighted by Gasteiger charge is -2.11. The van der Waals surface area contributed by atoms with E-state index in [1.165, 1.54) is 31.7 Å². The van der Waals surface area contributed by atoms with Crippen LogP contribution in [0.3, 0.4) is 0 Å². The second-order valence-electron chi connectivity index (χ2n) is 4.98. The summed E-state index contributed by atoms with van der Waals surface area (Å²) in [6, 6.07) is 4.65. The largest absolute Gasteiger partial charge is 0.490 e. The van der Waals surface area contributed by atoms with Crippen molar-refractivity contribution in [2.24, 2.45) is 0 Å². The molecule has 0 aromatic heterocycles. The third-order valence-corrected chi connectivity index (χ3v) is 3.58. The minimum absolute atomic E-state index is 0.145. The van der Waals surface area contributed by atoms with Crippen molar-refractivity contribution in [1.82, 2.24) is 10.6 Å². The maximum absolute atomic E-state index is 12.0. The fraction of sp³-hybridized carbons (Fsp3) is 0.500. The van der Waals surface area contributed by atoms with E-state index in [0.717, 1.165) is 19.4 Å². The smallest absolute Gasteiger partial charge is 0.311 e. The first kappa shape index (κ1) is 15.2. The van der Waals surface area contributed by atoms with Gasteiger partial charge in [0.25, 0.3) is 5.91 Å². The van der Waals surface area contributed by atoms with Gasteiger partial charge in [-0.05, 0) is 37.9 Å². The van der Waals surface area contributed by atoms with Crippen molar-refractivity contribution in [3.05, 3.63) is 33.9 Å². The summed E-state index contributed by atoms with van der Waals surface area (Å²) in [6.07, 6.45) is 3.16. The molecule has 114 valence electrons. The third kappa shape index (κ3) is 3.91. The van der Waals surface area contributed by atoms with Crippen molar-refractivity contribution in [2.45, 2.75) is 25.3 Å². The predicted molar refractivity (Wildman–Crippen MR) is 77.6 cm³/mol.